The van der Waals surface area contributed by atoms with Gasteiger partial charge in [-0.3, -0.25) is 4.79 Å². The van der Waals surface area contributed by atoms with Gasteiger partial charge in [0.15, 0.2) is 0 Å². The number of amides is 1. The van der Waals surface area contributed by atoms with Crippen molar-refractivity contribution in [3.8, 4) is 0 Å². The quantitative estimate of drug-likeness (QED) is 0.735. The Balaban J connectivity index is 2.27. The van der Waals surface area contributed by atoms with Crippen LogP contribution < -0.4 is 11.1 Å². The van der Waals surface area contributed by atoms with Crippen molar-refractivity contribution in [3.05, 3.63) is 48.0 Å². The fraction of sp³-hybridized carbons (Fsp3) is 0.357. The second-order valence-electron chi connectivity index (χ2n) is 4.03. The molecule has 0 aliphatic carbocycles. The van der Waals surface area contributed by atoms with Gasteiger partial charge in [-0.15, -0.1) is 0 Å². The Hall–Kier alpha value is -1.61. The van der Waals surface area contributed by atoms with Crippen molar-refractivity contribution >= 4 is 5.91 Å². The third-order valence-electron chi connectivity index (χ3n) is 2.65. The lowest BCUT2D eigenvalue weighted by molar-refractivity contribution is -0.116. The van der Waals surface area contributed by atoms with E-state index in [1.165, 1.54) is 11.6 Å². The lowest BCUT2D eigenvalue weighted by atomic mass is 9.98. The molecule has 0 spiro atoms. The molecule has 0 heterocycles. The summed E-state index contributed by atoms with van der Waals surface area (Å²) in [6, 6.07) is 10.3. The van der Waals surface area contributed by atoms with Gasteiger partial charge in [0, 0.05) is 19.2 Å². The smallest absolute Gasteiger partial charge is 0.243 e. The highest BCUT2D eigenvalue weighted by Crippen LogP contribution is 2.17. The molecule has 1 aromatic carbocycles. The number of carbonyl (C=O) groups excluding carboxylic acids is 1. The van der Waals surface area contributed by atoms with Crippen LogP contribution in [0.4, 0.5) is 0 Å². The Morgan fingerprint density at radius 3 is 2.76 bits per heavy atom. The average Bonchev–Trinajstić information content (AvgIpc) is 2.37. The molecular formula is C14H20N2O. The zero-order valence-electron chi connectivity index (χ0n) is 10.2. The van der Waals surface area contributed by atoms with Gasteiger partial charge < -0.3 is 11.1 Å². The van der Waals surface area contributed by atoms with Crippen LogP contribution in [-0.2, 0) is 4.79 Å². The number of nitrogens with two attached hydrogens (primary N) is 1. The molecule has 17 heavy (non-hydrogen) atoms. The van der Waals surface area contributed by atoms with Gasteiger partial charge in [-0.1, -0.05) is 43.3 Å². The Bertz CT molecular complexity index is 360. The van der Waals surface area contributed by atoms with Crippen molar-refractivity contribution < 1.29 is 4.79 Å². The first-order valence-corrected chi connectivity index (χ1v) is 5.93. The van der Waals surface area contributed by atoms with Gasteiger partial charge >= 0.3 is 0 Å². The van der Waals surface area contributed by atoms with Crippen LogP contribution in [0, 0.1) is 0 Å². The van der Waals surface area contributed by atoms with Crippen molar-refractivity contribution in [2.45, 2.75) is 19.3 Å². The number of rotatable bonds is 6. The molecule has 0 aliphatic heterocycles. The van der Waals surface area contributed by atoms with Gasteiger partial charge in [-0.2, -0.15) is 0 Å². The van der Waals surface area contributed by atoms with Gasteiger partial charge in [0.2, 0.25) is 5.91 Å². The molecule has 1 aromatic rings. The molecule has 0 saturated heterocycles. The van der Waals surface area contributed by atoms with E-state index in [0.29, 0.717) is 19.0 Å². The van der Waals surface area contributed by atoms with E-state index < -0.39 is 0 Å². The standard InChI is InChI=1S/C14H20N2O/c1-12(13-6-3-2-4-7-13)9-11-16-14(17)8-5-10-15/h2-8,12H,9-11,15H2,1H3,(H,16,17)/b8-5+. The van der Waals surface area contributed by atoms with E-state index >= 15 is 0 Å². The normalized spacial score (nSPS) is 12.6. The molecule has 3 N–H and O–H groups in total. The van der Waals surface area contributed by atoms with Crippen molar-refractivity contribution in [2.75, 3.05) is 13.1 Å². The number of nitrogens with one attached hydrogen (secondary N) is 1. The van der Waals surface area contributed by atoms with Crippen LogP contribution in [0.3, 0.4) is 0 Å². The summed E-state index contributed by atoms with van der Waals surface area (Å²) in [5.74, 6) is 0.380. The van der Waals surface area contributed by atoms with Gasteiger partial charge in [0.25, 0.3) is 0 Å². The van der Waals surface area contributed by atoms with Crippen LogP contribution >= 0.6 is 0 Å². The van der Waals surface area contributed by atoms with Crippen LogP contribution in [-0.4, -0.2) is 19.0 Å². The highest BCUT2D eigenvalue weighted by molar-refractivity contribution is 5.87. The highest BCUT2D eigenvalue weighted by Gasteiger charge is 2.04. The van der Waals surface area contributed by atoms with Gasteiger partial charge in [-0.05, 0) is 17.9 Å². The molecule has 3 heteroatoms. The van der Waals surface area contributed by atoms with E-state index in [4.69, 9.17) is 5.73 Å². The second kappa shape index (κ2) is 7.63. The summed E-state index contributed by atoms with van der Waals surface area (Å²) < 4.78 is 0. The predicted molar refractivity (Wildman–Crippen MR) is 70.7 cm³/mol. The molecule has 0 saturated carbocycles. The van der Waals surface area contributed by atoms with Crippen LogP contribution in [0.2, 0.25) is 0 Å². The summed E-state index contributed by atoms with van der Waals surface area (Å²) in [4.78, 5) is 11.3. The Kier molecular flexibility index (Phi) is 6.04. The zero-order valence-corrected chi connectivity index (χ0v) is 10.2. The average molecular weight is 232 g/mol. The van der Waals surface area contributed by atoms with Crippen LogP contribution in [0.5, 0.6) is 0 Å². The van der Waals surface area contributed by atoms with E-state index in [9.17, 15) is 4.79 Å². The van der Waals surface area contributed by atoms with Crippen molar-refractivity contribution in [1.82, 2.24) is 5.32 Å². The molecule has 1 amide bonds. The topological polar surface area (TPSA) is 55.1 Å². The predicted octanol–water partition coefficient (Wildman–Crippen LogP) is 1.81. The van der Waals surface area contributed by atoms with Crippen molar-refractivity contribution in [2.24, 2.45) is 5.73 Å². The van der Waals surface area contributed by atoms with E-state index in [-0.39, 0.29) is 5.91 Å². The van der Waals surface area contributed by atoms with E-state index in [1.54, 1.807) is 6.08 Å². The number of hydrogen-bond acceptors (Lipinski definition) is 2. The van der Waals surface area contributed by atoms with Crippen LogP contribution in [0.15, 0.2) is 42.5 Å². The molecule has 3 nitrogen and oxygen atoms in total. The minimum absolute atomic E-state index is 0.0734. The summed E-state index contributed by atoms with van der Waals surface area (Å²) in [7, 11) is 0. The van der Waals surface area contributed by atoms with Crippen molar-refractivity contribution in [1.29, 1.82) is 0 Å². The summed E-state index contributed by atoms with van der Waals surface area (Å²) in [5, 5.41) is 2.84. The molecule has 0 aliphatic rings. The fourth-order valence-electron chi connectivity index (χ4n) is 1.59. The minimum atomic E-state index is -0.0734. The maximum atomic E-state index is 11.3. The summed E-state index contributed by atoms with van der Waals surface area (Å²) in [5.41, 5.74) is 6.57. The Morgan fingerprint density at radius 2 is 2.12 bits per heavy atom. The molecule has 0 radical (unpaired) electrons. The van der Waals surface area contributed by atoms with Crippen LogP contribution in [0.1, 0.15) is 24.8 Å². The molecule has 1 unspecified atom stereocenters. The summed E-state index contributed by atoms with van der Waals surface area (Å²) in [6.45, 7) is 3.24. The van der Waals surface area contributed by atoms with Gasteiger partial charge in [0.05, 0.1) is 0 Å². The van der Waals surface area contributed by atoms with E-state index in [0.717, 1.165) is 6.42 Å². The molecular weight excluding hydrogens is 212 g/mol. The number of hydrogen-bond donors (Lipinski definition) is 2. The minimum Gasteiger partial charge on any atom is -0.353 e. The first kappa shape index (κ1) is 13.5. The van der Waals surface area contributed by atoms with Crippen molar-refractivity contribution in [3.63, 3.8) is 0 Å². The maximum Gasteiger partial charge on any atom is 0.243 e. The fourth-order valence-corrected chi connectivity index (χ4v) is 1.59. The lowest BCUT2D eigenvalue weighted by Crippen LogP contribution is -2.23. The summed E-state index contributed by atoms with van der Waals surface area (Å²) >= 11 is 0. The lowest BCUT2D eigenvalue weighted by Gasteiger charge is -2.11. The summed E-state index contributed by atoms with van der Waals surface area (Å²) in [6.07, 6.45) is 4.06. The monoisotopic (exact) mass is 232 g/mol. The van der Waals surface area contributed by atoms with Crippen LogP contribution in [0.25, 0.3) is 0 Å². The van der Waals surface area contributed by atoms with E-state index in [2.05, 4.69) is 24.4 Å². The SMILES string of the molecule is CC(CCNC(=O)/C=C/CN)c1ccccc1. The molecule has 92 valence electrons. The number of benzene rings is 1. The third-order valence-corrected chi connectivity index (χ3v) is 2.65. The van der Waals surface area contributed by atoms with E-state index in [1.807, 2.05) is 18.2 Å². The first-order valence-electron chi connectivity index (χ1n) is 5.93. The maximum absolute atomic E-state index is 11.3. The first-order chi connectivity index (χ1) is 8.24. The Labute approximate surface area is 103 Å². The van der Waals surface area contributed by atoms with Gasteiger partial charge in [-0.25, -0.2) is 0 Å². The highest BCUT2D eigenvalue weighted by atomic mass is 16.1. The number of carbonyl (C=O) groups is 1. The molecule has 1 rings (SSSR count). The third kappa shape index (κ3) is 5.31. The van der Waals surface area contributed by atoms with Gasteiger partial charge in [0.1, 0.15) is 0 Å². The molecule has 0 bridgehead atoms. The molecule has 1 atom stereocenters. The Morgan fingerprint density at radius 1 is 1.41 bits per heavy atom. The largest absolute Gasteiger partial charge is 0.353 e. The molecule has 0 aromatic heterocycles. The molecule has 0 fully saturated rings. The second-order valence-corrected chi connectivity index (χ2v) is 4.03. The zero-order chi connectivity index (χ0) is 12.5.